The quantitative estimate of drug-likeness (QED) is 0.191. The Morgan fingerprint density at radius 2 is 0.980 bits per heavy atom. The highest BCUT2D eigenvalue weighted by atomic mass is 16.5. The van der Waals surface area contributed by atoms with Gasteiger partial charge in [-0.2, -0.15) is 0 Å². The van der Waals surface area contributed by atoms with Crippen LogP contribution in [0.25, 0.3) is 66.1 Å². The number of hydrogen-bond donors (Lipinski definition) is 0. The molecule has 0 bridgehead atoms. The molecule has 1 aliphatic carbocycles. The van der Waals surface area contributed by atoms with Crippen molar-refractivity contribution in [3.63, 3.8) is 0 Å². The predicted octanol–water partition coefficient (Wildman–Crippen LogP) is 12.5. The molecule has 2 heterocycles. The van der Waals surface area contributed by atoms with E-state index in [1.54, 1.807) is 0 Å². The molecule has 2 aliphatic rings. The van der Waals surface area contributed by atoms with E-state index in [1.807, 2.05) is 0 Å². The minimum absolute atomic E-state index is 0.448. The third-order valence-corrected chi connectivity index (χ3v) is 10.8. The van der Waals surface area contributed by atoms with Crippen LogP contribution in [0.1, 0.15) is 22.3 Å². The normalized spacial score (nSPS) is 13.6. The molecule has 11 rings (SSSR count). The van der Waals surface area contributed by atoms with Crippen molar-refractivity contribution >= 4 is 32.7 Å². The van der Waals surface area contributed by atoms with Crippen LogP contribution in [-0.2, 0) is 5.41 Å². The summed E-state index contributed by atoms with van der Waals surface area (Å²) in [5.41, 5.74) is 13.5. The first-order valence-electron chi connectivity index (χ1n) is 16.8. The van der Waals surface area contributed by atoms with Gasteiger partial charge in [0.1, 0.15) is 22.7 Å². The van der Waals surface area contributed by atoms with Gasteiger partial charge in [-0.25, -0.2) is 0 Å². The second kappa shape index (κ2) is 9.82. The molecule has 0 atom stereocenters. The molecule has 1 spiro atoms. The second-order valence-corrected chi connectivity index (χ2v) is 13.2. The van der Waals surface area contributed by atoms with Crippen molar-refractivity contribution in [3.8, 4) is 44.9 Å². The summed E-state index contributed by atoms with van der Waals surface area (Å²) in [5.74, 6) is 1.80. The smallest absolute Gasteiger partial charge is 0.136 e. The summed E-state index contributed by atoms with van der Waals surface area (Å²) in [5, 5.41) is 4.75. The van der Waals surface area contributed by atoms with E-state index in [1.165, 1.54) is 55.1 Å². The Morgan fingerprint density at radius 1 is 0.367 bits per heavy atom. The Hall–Kier alpha value is -6.38. The number of benzene rings is 8. The van der Waals surface area contributed by atoms with Gasteiger partial charge in [0, 0.05) is 21.9 Å². The van der Waals surface area contributed by atoms with Gasteiger partial charge in [-0.15, -0.1) is 0 Å². The molecule has 0 fully saturated rings. The molecule has 49 heavy (non-hydrogen) atoms. The number of fused-ring (bicyclic) bond motifs is 14. The van der Waals surface area contributed by atoms with E-state index in [0.29, 0.717) is 0 Å². The van der Waals surface area contributed by atoms with Crippen LogP contribution in [0.5, 0.6) is 11.5 Å². The standard InChI is InChI=1S/C47H28O2/c1-2-11-33-30(10-1)25-27-43-46(33)45-34(14-9-19-42(45)49-43)31-22-20-29(21-23-31)32-24-26-40-44(28-32)48-41-18-8-7-17-39(41)47(40)37-15-5-3-12-35(37)36-13-4-6-16-38(36)47/h1-28H. The first kappa shape index (κ1) is 26.7. The molecule has 0 saturated carbocycles. The van der Waals surface area contributed by atoms with Crippen LogP contribution < -0.4 is 4.74 Å². The third kappa shape index (κ3) is 3.55. The molecule has 1 aromatic heterocycles. The van der Waals surface area contributed by atoms with Crippen molar-refractivity contribution in [2.45, 2.75) is 5.41 Å². The highest BCUT2D eigenvalue weighted by Crippen LogP contribution is 2.62. The summed E-state index contributed by atoms with van der Waals surface area (Å²) in [4.78, 5) is 0. The fourth-order valence-corrected chi connectivity index (χ4v) is 8.71. The van der Waals surface area contributed by atoms with Crippen LogP contribution >= 0.6 is 0 Å². The Labute approximate surface area is 283 Å². The van der Waals surface area contributed by atoms with Gasteiger partial charge < -0.3 is 9.15 Å². The maximum Gasteiger partial charge on any atom is 0.136 e. The molecule has 228 valence electrons. The molecular formula is C47H28O2. The summed E-state index contributed by atoms with van der Waals surface area (Å²) in [6.45, 7) is 0. The predicted molar refractivity (Wildman–Crippen MR) is 199 cm³/mol. The molecule has 0 amide bonds. The maximum absolute atomic E-state index is 6.75. The number of hydrogen-bond acceptors (Lipinski definition) is 2. The van der Waals surface area contributed by atoms with E-state index in [0.717, 1.165) is 44.7 Å². The SMILES string of the molecule is c1ccc2c(c1)Oc1cc(-c3ccc(-c4cccc5oc6ccc7ccccc7c6c45)cc3)ccc1C21c2ccccc2-c2ccccc21. The Bertz CT molecular complexity index is 2760. The highest BCUT2D eigenvalue weighted by Gasteiger charge is 2.50. The fourth-order valence-electron chi connectivity index (χ4n) is 8.71. The van der Waals surface area contributed by atoms with Gasteiger partial charge in [0.05, 0.1) is 5.41 Å². The van der Waals surface area contributed by atoms with Crippen molar-refractivity contribution in [3.05, 3.63) is 192 Å². The van der Waals surface area contributed by atoms with E-state index < -0.39 is 5.41 Å². The van der Waals surface area contributed by atoms with Crippen molar-refractivity contribution in [2.75, 3.05) is 0 Å². The zero-order valence-corrected chi connectivity index (χ0v) is 26.5. The summed E-state index contributed by atoms with van der Waals surface area (Å²) >= 11 is 0. The monoisotopic (exact) mass is 624 g/mol. The van der Waals surface area contributed by atoms with Gasteiger partial charge >= 0.3 is 0 Å². The van der Waals surface area contributed by atoms with Crippen LogP contribution in [0.4, 0.5) is 0 Å². The lowest BCUT2D eigenvalue weighted by Gasteiger charge is -2.39. The van der Waals surface area contributed by atoms with Crippen LogP contribution in [0.2, 0.25) is 0 Å². The lowest BCUT2D eigenvalue weighted by atomic mass is 9.66. The fraction of sp³-hybridized carbons (Fsp3) is 0.0213. The summed E-state index contributed by atoms with van der Waals surface area (Å²) in [6, 6.07) is 61.1. The first-order valence-corrected chi connectivity index (χ1v) is 16.8. The van der Waals surface area contributed by atoms with E-state index in [9.17, 15) is 0 Å². The van der Waals surface area contributed by atoms with Gasteiger partial charge in [0.15, 0.2) is 0 Å². The molecule has 0 saturated heterocycles. The molecule has 9 aromatic rings. The average molecular weight is 625 g/mol. The first-order chi connectivity index (χ1) is 24.3. The van der Waals surface area contributed by atoms with Crippen molar-refractivity contribution < 1.29 is 9.15 Å². The molecule has 0 radical (unpaired) electrons. The summed E-state index contributed by atoms with van der Waals surface area (Å²) in [7, 11) is 0. The number of furan rings is 1. The Morgan fingerprint density at radius 3 is 1.80 bits per heavy atom. The van der Waals surface area contributed by atoms with Gasteiger partial charge in [0.2, 0.25) is 0 Å². The van der Waals surface area contributed by atoms with Crippen LogP contribution in [0.15, 0.2) is 174 Å². The van der Waals surface area contributed by atoms with Crippen molar-refractivity contribution in [1.82, 2.24) is 0 Å². The largest absolute Gasteiger partial charge is 0.457 e. The van der Waals surface area contributed by atoms with Gasteiger partial charge in [0.25, 0.3) is 0 Å². The van der Waals surface area contributed by atoms with Crippen LogP contribution in [0, 0.1) is 0 Å². The van der Waals surface area contributed by atoms with Gasteiger partial charge in [-0.05, 0) is 79.5 Å². The molecule has 0 N–H and O–H groups in total. The van der Waals surface area contributed by atoms with Gasteiger partial charge in [-0.1, -0.05) is 146 Å². The Kier molecular flexibility index (Phi) is 5.34. The zero-order chi connectivity index (χ0) is 32.1. The van der Waals surface area contributed by atoms with Crippen LogP contribution in [-0.4, -0.2) is 0 Å². The summed E-state index contributed by atoms with van der Waals surface area (Å²) < 4.78 is 13.1. The molecule has 2 heteroatoms. The third-order valence-electron chi connectivity index (χ3n) is 10.8. The highest BCUT2D eigenvalue weighted by molar-refractivity contribution is 6.22. The average Bonchev–Trinajstić information content (AvgIpc) is 3.70. The number of ether oxygens (including phenoxy) is 1. The minimum atomic E-state index is -0.448. The lowest BCUT2D eigenvalue weighted by molar-refractivity contribution is 0.436. The number of rotatable bonds is 2. The maximum atomic E-state index is 6.75. The lowest BCUT2D eigenvalue weighted by Crippen LogP contribution is -2.32. The molecule has 2 nitrogen and oxygen atoms in total. The Balaban J connectivity index is 1.06. The van der Waals surface area contributed by atoms with E-state index in [-0.39, 0.29) is 0 Å². The molecular weight excluding hydrogens is 597 g/mol. The van der Waals surface area contributed by atoms with Gasteiger partial charge in [-0.3, -0.25) is 0 Å². The summed E-state index contributed by atoms with van der Waals surface area (Å²) in [6.07, 6.45) is 0. The minimum Gasteiger partial charge on any atom is -0.457 e. The van der Waals surface area contributed by atoms with E-state index in [2.05, 4.69) is 170 Å². The van der Waals surface area contributed by atoms with Crippen molar-refractivity contribution in [2.24, 2.45) is 0 Å². The topological polar surface area (TPSA) is 22.4 Å². The second-order valence-electron chi connectivity index (χ2n) is 13.2. The molecule has 0 unspecified atom stereocenters. The number of para-hydroxylation sites is 1. The van der Waals surface area contributed by atoms with E-state index >= 15 is 0 Å². The zero-order valence-electron chi connectivity index (χ0n) is 26.5. The molecule has 1 aliphatic heterocycles. The van der Waals surface area contributed by atoms with Crippen molar-refractivity contribution in [1.29, 1.82) is 0 Å². The molecule has 8 aromatic carbocycles. The van der Waals surface area contributed by atoms with Crippen LogP contribution in [0.3, 0.4) is 0 Å². The van der Waals surface area contributed by atoms with E-state index in [4.69, 9.17) is 9.15 Å².